The minimum atomic E-state index is -5.39. The van der Waals surface area contributed by atoms with Crippen LogP contribution in [0.2, 0.25) is 0 Å². The van der Waals surface area contributed by atoms with E-state index in [-0.39, 0.29) is 40.7 Å². The van der Waals surface area contributed by atoms with Crippen molar-refractivity contribution in [2.45, 2.75) is 19.6 Å². The molecule has 42 heavy (non-hydrogen) atoms. The van der Waals surface area contributed by atoms with Crippen molar-refractivity contribution in [1.29, 1.82) is 0 Å². The Hall–Kier alpha value is -4.86. The van der Waals surface area contributed by atoms with Crippen LogP contribution in [0.25, 0.3) is 11.3 Å². The Labute approximate surface area is 235 Å². The van der Waals surface area contributed by atoms with E-state index in [2.05, 4.69) is 25.3 Å². The molecular weight excluding hydrogens is 569 g/mol. The molecule has 11 nitrogen and oxygen atoms in total. The number of benzene rings is 2. The van der Waals surface area contributed by atoms with Crippen molar-refractivity contribution in [3.63, 3.8) is 0 Å². The number of carbonyl (C=O) groups is 3. The average molecular weight is 594 g/mol. The molecule has 0 saturated carbocycles. The molecule has 1 aliphatic rings. The van der Waals surface area contributed by atoms with Crippen LogP contribution in [-0.4, -0.2) is 66.1 Å². The van der Waals surface area contributed by atoms with Gasteiger partial charge in [0.05, 0.1) is 17.8 Å². The summed E-state index contributed by atoms with van der Waals surface area (Å²) < 4.78 is 73.4. The maximum atomic E-state index is 14.9. The number of alkyl halides is 3. The molecule has 16 heteroatoms. The number of amides is 3. The fourth-order valence-electron chi connectivity index (χ4n) is 4.19. The Balaban J connectivity index is 1.97. The summed E-state index contributed by atoms with van der Waals surface area (Å²) in [5, 5.41) is 5.43. The van der Waals surface area contributed by atoms with Crippen molar-refractivity contribution in [2.75, 3.05) is 37.4 Å². The lowest BCUT2D eigenvalue weighted by Crippen LogP contribution is -2.43. The van der Waals surface area contributed by atoms with Gasteiger partial charge in [0.1, 0.15) is 23.1 Å². The quantitative estimate of drug-likeness (QED) is 0.204. The fourth-order valence-corrected chi connectivity index (χ4v) is 4.19. The largest absolute Gasteiger partial charge is 0.491 e. The number of aromatic nitrogens is 2. The molecule has 0 bridgehead atoms. The van der Waals surface area contributed by atoms with Gasteiger partial charge < -0.3 is 26.0 Å². The zero-order valence-corrected chi connectivity index (χ0v) is 22.4. The highest BCUT2D eigenvalue weighted by Gasteiger charge is 2.42. The van der Waals surface area contributed by atoms with E-state index in [0.717, 1.165) is 24.3 Å². The average Bonchev–Trinajstić information content (AvgIpc) is 2.89. The number of esters is 1. The predicted molar refractivity (Wildman–Crippen MR) is 140 cm³/mol. The molecule has 3 amide bonds. The smallest absolute Gasteiger partial charge is 0.419 e. The van der Waals surface area contributed by atoms with Crippen LogP contribution in [0.15, 0.2) is 30.3 Å². The van der Waals surface area contributed by atoms with Gasteiger partial charge in [0.2, 0.25) is 5.95 Å². The molecule has 0 atom stereocenters. The summed E-state index contributed by atoms with van der Waals surface area (Å²) >= 11 is 0. The number of primary amides is 1. The van der Waals surface area contributed by atoms with Gasteiger partial charge in [-0.25, -0.2) is 28.3 Å². The van der Waals surface area contributed by atoms with E-state index in [1.165, 1.54) is 13.0 Å². The van der Waals surface area contributed by atoms with Gasteiger partial charge >= 0.3 is 18.2 Å². The second-order valence-electron chi connectivity index (χ2n) is 9.36. The molecule has 1 aromatic heterocycles. The number of hydrogen-bond acceptors (Lipinski definition) is 8. The number of urea groups is 1. The second-order valence-corrected chi connectivity index (χ2v) is 9.36. The van der Waals surface area contributed by atoms with Gasteiger partial charge in [0.15, 0.2) is 5.82 Å². The first-order valence-corrected chi connectivity index (χ1v) is 12.2. The molecule has 3 aromatic rings. The number of fused-ring (bicyclic) bond motifs is 1. The van der Waals surface area contributed by atoms with E-state index >= 15 is 0 Å². The van der Waals surface area contributed by atoms with Crippen LogP contribution in [0, 0.1) is 18.6 Å². The number of nitrogens with zero attached hydrogens (tertiary/aromatic N) is 4. The molecule has 0 unspecified atom stereocenters. The molecule has 0 spiro atoms. The molecule has 2 aromatic carbocycles. The van der Waals surface area contributed by atoms with Gasteiger partial charge in [0, 0.05) is 29.8 Å². The third kappa shape index (κ3) is 5.93. The number of anilines is 3. The lowest BCUT2D eigenvalue weighted by molar-refractivity contribution is -0.189. The second kappa shape index (κ2) is 11.6. The third-order valence-electron chi connectivity index (χ3n) is 6.17. The van der Waals surface area contributed by atoms with E-state index in [1.54, 1.807) is 14.1 Å². The number of nitrogens with one attached hydrogen (secondary N) is 2. The molecule has 0 radical (unpaired) electrons. The Morgan fingerprint density at radius 2 is 1.81 bits per heavy atom. The number of rotatable bonds is 8. The van der Waals surface area contributed by atoms with E-state index in [0.29, 0.717) is 18.0 Å². The molecule has 4 rings (SSSR count). The van der Waals surface area contributed by atoms with Gasteiger partial charge in [-0.15, -0.1) is 0 Å². The van der Waals surface area contributed by atoms with Crippen molar-refractivity contribution < 1.29 is 41.1 Å². The molecular formula is C26H24F5N7O4. The summed E-state index contributed by atoms with van der Waals surface area (Å²) in [4.78, 5) is 48.0. The van der Waals surface area contributed by atoms with E-state index in [1.807, 2.05) is 4.90 Å². The first-order valence-electron chi connectivity index (χ1n) is 12.2. The molecule has 0 aliphatic carbocycles. The minimum absolute atomic E-state index is 0.00642. The normalized spacial score (nSPS) is 13.1. The van der Waals surface area contributed by atoms with Crippen LogP contribution < -0.4 is 26.0 Å². The van der Waals surface area contributed by atoms with Crippen LogP contribution in [0.1, 0.15) is 21.5 Å². The highest BCUT2D eigenvalue weighted by Crippen LogP contribution is 2.41. The van der Waals surface area contributed by atoms with Gasteiger partial charge in [0.25, 0.3) is 5.91 Å². The monoisotopic (exact) mass is 593 g/mol. The number of carbonyl (C=O) groups excluding carboxylic acids is 3. The summed E-state index contributed by atoms with van der Waals surface area (Å²) in [6.07, 6.45) is -5.39. The minimum Gasteiger partial charge on any atom is -0.419 e. The summed E-state index contributed by atoms with van der Waals surface area (Å²) in [5.74, 6) is -6.95. The van der Waals surface area contributed by atoms with Crippen LogP contribution in [0.5, 0.6) is 5.75 Å². The fraction of sp³-hybridized carbons (Fsp3) is 0.269. The molecule has 1 aliphatic heterocycles. The van der Waals surface area contributed by atoms with E-state index in [4.69, 9.17) is 5.73 Å². The molecule has 2 heterocycles. The molecule has 0 fully saturated rings. The number of para-hydroxylation sites is 1. The Bertz CT molecular complexity index is 1560. The Morgan fingerprint density at radius 1 is 1.14 bits per heavy atom. The van der Waals surface area contributed by atoms with Crippen LogP contribution in [0.3, 0.4) is 0 Å². The Kier molecular flexibility index (Phi) is 8.28. The van der Waals surface area contributed by atoms with Crippen LogP contribution in [0.4, 0.5) is 44.2 Å². The maximum Gasteiger partial charge on any atom is 0.491 e. The molecule has 222 valence electrons. The zero-order chi connectivity index (χ0) is 30.9. The SMILES string of the molecule is Cc1c(-c2nc(NCCN(C)C)nc3c2CNC(=O)N3c2c(F)cccc2F)ccc(C(N)=O)c1OC(=O)C(F)(F)F. The third-order valence-corrected chi connectivity index (χ3v) is 6.17. The van der Waals surface area contributed by atoms with Crippen molar-refractivity contribution in [1.82, 2.24) is 20.2 Å². The highest BCUT2D eigenvalue weighted by atomic mass is 19.4. The summed E-state index contributed by atoms with van der Waals surface area (Å²) in [7, 11) is 3.61. The van der Waals surface area contributed by atoms with Crippen molar-refractivity contribution >= 4 is 35.4 Å². The van der Waals surface area contributed by atoms with Gasteiger partial charge in [-0.2, -0.15) is 18.2 Å². The lowest BCUT2D eigenvalue weighted by Gasteiger charge is -2.31. The number of ether oxygens (including phenoxy) is 1. The van der Waals surface area contributed by atoms with Crippen molar-refractivity contribution in [2.24, 2.45) is 5.73 Å². The standard InChI is InChI=1S/C26H24F5N7O4/c1-12-13(7-8-14(21(32)39)20(12)42-23(40)26(29,30)31)18-15-11-34-25(41)38(19-16(27)5-4-6-17(19)28)22(15)36-24(35-18)33-9-10-37(2)3/h4-8H,9-11H2,1-3H3,(H2,32,39)(H,34,41)(H,33,35,36). The lowest BCUT2D eigenvalue weighted by atomic mass is 9.96. The molecule has 0 saturated heterocycles. The van der Waals surface area contributed by atoms with Crippen molar-refractivity contribution in [3.05, 3.63) is 58.7 Å². The number of hydrogen-bond donors (Lipinski definition) is 3. The van der Waals surface area contributed by atoms with Crippen molar-refractivity contribution in [3.8, 4) is 17.0 Å². The maximum absolute atomic E-state index is 14.9. The first-order chi connectivity index (χ1) is 19.7. The van der Waals surface area contributed by atoms with E-state index < -0.39 is 52.7 Å². The number of halogens is 5. The van der Waals surface area contributed by atoms with Crippen LogP contribution >= 0.6 is 0 Å². The van der Waals surface area contributed by atoms with Gasteiger partial charge in [-0.3, -0.25) is 4.79 Å². The van der Waals surface area contributed by atoms with E-state index in [9.17, 15) is 36.3 Å². The zero-order valence-electron chi connectivity index (χ0n) is 22.4. The summed E-state index contributed by atoms with van der Waals surface area (Å²) in [6.45, 7) is 1.82. The molecule has 4 N–H and O–H groups in total. The summed E-state index contributed by atoms with van der Waals surface area (Å²) in [5.41, 5.74) is 4.14. The topological polar surface area (TPSA) is 143 Å². The van der Waals surface area contributed by atoms with Gasteiger partial charge in [-0.1, -0.05) is 12.1 Å². The van der Waals surface area contributed by atoms with Crippen LogP contribution in [-0.2, 0) is 11.3 Å². The Morgan fingerprint density at radius 3 is 2.40 bits per heavy atom. The number of nitrogens with two attached hydrogens (primary N) is 1. The van der Waals surface area contributed by atoms with Gasteiger partial charge in [-0.05, 0) is 39.2 Å². The summed E-state index contributed by atoms with van der Waals surface area (Å²) in [6, 6.07) is 4.46. The first kappa shape index (κ1) is 30.1. The number of likely N-dealkylation sites (N-methyl/N-ethyl adjacent to an activating group) is 1. The highest BCUT2D eigenvalue weighted by molar-refractivity contribution is 6.03. The predicted octanol–water partition coefficient (Wildman–Crippen LogP) is 3.63.